The molecule has 1 aliphatic rings. The zero-order chi connectivity index (χ0) is 15.9. The van der Waals surface area contributed by atoms with Gasteiger partial charge >= 0.3 is 0 Å². The van der Waals surface area contributed by atoms with Crippen molar-refractivity contribution in [1.29, 1.82) is 0 Å². The summed E-state index contributed by atoms with van der Waals surface area (Å²) in [6.45, 7) is 0. The first-order valence-electron chi connectivity index (χ1n) is 6.86. The van der Waals surface area contributed by atoms with Crippen LogP contribution in [0.4, 0.5) is 5.69 Å². The minimum Gasteiger partial charge on any atom is -0.377 e. The van der Waals surface area contributed by atoms with Gasteiger partial charge in [0.2, 0.25) is 11.6 Å². The summed E-state index contributed by atoms with van der Waals surface area (Å²) in [7, 11) is 3.93. The second-order valence-corrected chi connectivity index (χ2v) is 6.22. The van der Waals surface area contributed by atoms with Gasteiger partial charge in [-0.2, -0.15) is 0 Å². The number of Topliss-reactive ketones (excluding diaryl/α,β-unsaturated/α-hetero) is 2. The Morgan fingerprint density at radius 3 is 2.27 bits per heavy atom. The molecular weight excluding hydrogens is 342 g/mol. The largest absolute Gasteiger partial charge is 0.377 e. The number of rotatable bonds is 2. The predicted molar refractivity (Wildman–Crippen MR) is 92.1 cm³/mol. The smallest absolute Gasteiger partial charge is 0.234 e. The van der Waals surface area contributed by atoms with Crippen LogP contribution in [0.3, 0.4) is 0 Å². The second kappa shape index (κ2) is 5.54. The molecule has 0 N–H and O–H groups in total. The maximum atomic E-state index is 12.2. The predicted octanol–water partition coefficient (Wildman–Crippen LogP) is 3.82. The second-order valence-electron chi connectivity index (χ2n) is 5.37. The van der Waals surface area contributed by atoms with E-state index in [0.717, 1.165) is 15.7 Å². The molecule has 2 aromatic carbocycles. The van der Waals surface area contributed by atoms with E-state index in [9.17, 15) is 9.59 Å². The molecule has 1 aliphatic carbocycles. The Morgan fingerprint density at radius 1 is 0.955 bits per heavy atom. The SMILES string of the molecule is CN(C)c1ccc(/C=C2\C(=O)C(=O)c3ccccc32)cc1Br. The van der Waals surface area contributed by atoms with E-state index in [2.05, 4.69) is 15.9 Å². The number of hydrogen-bond donors (Lipinski definition) is 0. The highest BCUT2D eigenvalue weighted by molar-refractivity contribution is 9.10. The third kappa shape index (κ3) is 2.40. The van der Waals surface area contributed by atoms with Crippen LogP contribution in [0.2, 0.25) is 0 Å². The van der Waals surface area contributed by atoms with E-state index < -0.39 is 11.6 Å². The number of hydrogen-bond acceptors (Lipinski definition) is 3. The van der Waals surface area contributed by atoms with Crippen LogP contribution in [-0.4, -0.2) is 25.7 Å². The van der Waals surface area contributed by atoms with Gasteiger partial charge in [0.25, 0.3) is 0 Å². The van der Waals surface area contributed by atoms with E-state index in [1.54, 1.807) is 18.2 Å². The molecule has 0 amide bonds. The highest BCUT2D eigenvalue weighted by Gasteiger charge is 2.32. The Kier molecular flexibility index (Phi) is 3.71. The van der Waals surface area contributed by atoms with Crippen LogP contribution in [0.5, 0.6) is 0 Å². The molecule has 0 aliphatic heterocycles. The van der Waals surface area contributed by atoms with Gasteiger partial charge in [0.15, 0.2) is 0 Å². The van der Waals surface area contributed by atoms with Gasteiger partial charge in [-0.05, 0) is 45.3 Å². The topological polar surface area (TPSA) is 37.4 Å². The summed E-state index contributed by atoms with van der Waals surface area (Å²) in [5, 5.41) is 0. The highest BCUT2D eigenvalue weighted by Crippen LogP contribution is 2.32. The Morgan fingerprint density at radius 2 is 1.64 bits per heavy atom. The molecule has 0 heterocycles. The van der Waals surface area contributed by atoms with Gasteiger partial charge in [0.05, 0.1) is 5.69 Å². The van der Waals surface area contributed by atoms with Gasteiger partial charge in [-0.15, -0.1) is 0 Å². The summed E-state index contributed by atoms with van der Waals surface area (Å²) in [5.41, 5.74) is 3.60. The molecule has 0 radical (unpaired) electrons. The van der Waals surface area contributed by atoms with Crippen molar-refractivity contribution >= 4 is 44.8 Å². The minimum atomic E-state index is -0.436. The summed E-state index contributed by atoms with van der Waals surface area (Å²) in [6.07, 6.45) is 1.77. The molecule has 3 nitrogen and oxygen atoms in total. The minimum absolute atomic E-state index is 0.425. The van der Waals surface area contributed by atoms with E-state index in [1.165, 1.54) is 0 Å². The quantitative estimate of drug-likeness (QED) is 0.606. The molecule has 4 heteroatoms. The van der Waals surface area contributed by atoms with E-state index in [-0.39, 0.29) is 0 Å². The number of carbonyl (C=O) groups excluding carboxylic acids is 2. The standard InChI is InChI=1S/C18H14BrNO2/c1-20(2)16-8-7-11(10-15(16)19)9-14-12-5-3-4-6-13(12)17(21)18(14)22/h3-10H,1-2H3/b14-9-. The van der Waals surface area contributed by atoms with E-state index in [4.69, 9.17) is 0 Å². The first-order valence-corrected chi connectivity index (χ1v) is 7.65. The number of fused-ring (bicyclic) bond motifs is 1. The van der Waals surface area contributed by atoms with Crippen LogP contribution < -0.4 is 4.90 Å². The van der Waals surface area contributed by atoms with Crippen molar-refractivity contribution in [3.63, 3.8) is 0 Å². The van der Waals surface area contributed by atoms with Crippen LogP contribution in [0.25, 0.3) is 11.6 Å². The first-order chi connectivity index (χ1) is 10.5. The molecule has 0 atom stereocenters. The zero-order valence-corrected chi connectivity index (χ0v) is 13.8. The molecule has 22 heavy (non-hydrogen) atoms. The summed E-state index contributed by atoms with van der Waals surface area (Å²) in [6, 6.07) is 13.0. The van der Waals surface area contributed by atoms with E-state index in [1.807, 2.05) is 49.3 Å². The fourth-order valence-electron chi connectivity index (χ4n) is 2.57. The maximum Gasteiger partial charge on any atom is 0.234 e. The van der Waals surface area contributed by atoms with E-state index >= 15 is 0 Å². The van der Waals surface area contributed by atoms with Crippen molar-refractivity contribution in [3.05, 3.63) is 63.6 Å². The molecule has 0 unspecified atom stereocenters. The average molecular weight is 356 g/mol. The fourth-order valence-corrected chi connectivity index (χ4v) is 3.32. The van der Waals surface area contributed by atoms with Gasteiger partial charge in [-0.1, -0.05) is 30.3 Å². The third-order valence-electron chi connectivity index (χ3n) is 3.68. The lowest BCUT2D eigenvalue weighted by molar-refractivity contribution is -0.109. The molecule has 2 aromatic rings. The highest BCUT2D eigenvalue weighted by atomic mass is 79.9. The summed E-state index contributed by atoms with van der Waals surface area (Å²) >= 11 is 3.53. The van der Waals surface area contributed by atoms with Gasteiger partial charge < -0.3 is 4.90 Å². The molecule has 0 saturated carbocycles. The maximum absolute atomic E-state index is 12.2. The summed E-state index contributed by atoms with van der Waals surface area (Å²) in [5.74, 6) is -0.861. The van der Waals surface area contributed by atoms with Crippen LogP contribution in [-0.2, 0) is 4.79 Å². The number of carbonyl (C=O) groups is 2. The Labute approximate surface area is 137 Å². The Bertz CT molecular complexity index is 822. The monoisotopic (exact) mass is 355 g/mol. The molecule has 3 rings (SSSR count). The zero-order valence-electron chi connectivity index (χ0n) is 12.3. The normalized spacial score (nSPS) is 15.3. The summed E-state index contributed by atoms with van der Waals surface area (Å²) < 4.78 is 0.942. The molecule has 0 bridgehead atoms. The lowest BCUT2D eigenvalue weighted by atomic mass is 10.0. The van der Waals surface area contributed by atoms with Crippen molar-refractivity contribution in [2.24, 2.45) is 0 Å². The Balaban J connectivity index is 2.08. The van der Waals surface area contributed by atoms with Crippen molar-refractivity contribution in [1.82, 2.24) is 0 Å². The van der Waals surface area contributed by atoms with Crippen molar-refractivity contribution in [2.75, 3.05) is 19.0 Å². The fraction of sp³-hybridized carbons (Fsp3) is 0.111. The van der Waals surface area contributed by atoms with Gasteiger partial charge in [-0.25, -0.2) is 0 Å². The lowest BCUT2D eigenvalue weighted by Gasteiger charge is -2.14. The number of ketones is 2. The molecule has 0 saturated heterocycles. The molecular formula is C18H14BrNO2. The van der Waals surface area contributed by atoms with Crippen LogP contribution in [0, 0.1) is 0 Å². The average Bonchev–Trinajstić information content (AvgIpc) is 2.73. The van der Waals surface area contributed by atoms with Crippen molar-refractivity contribution < 1.29 is 9.59 Å². The molecule has 0 aromatic heterocycles. The molecule has 0 fully saturated rings. The number of halogens is 1. The summed E-state index contributed by atoms with van der Waals surface area (Å²) in [4.78, 5) is 26.2. The molecule has 110 valence electrons. The lowest BCUT2D eigenvalue weighted by Crippen LogP contribution is -2.09. The van der Waals surface area contributed by atoms with Crippen LogP contribution in [0.15, 0.2) is 46.9 Å². The van der Waals surface area contributed by atoms with Gasteiger partial charge in [0, 0.05) is 29.7 Å². The Hall–Kier alpha value is -2.20. The first kappa shape index (κ1) is 14.7. The van der Waals surface area contributed by atoms with Crippen molar-refractivity contribution in [2.45, 2.75) is 0 Å². The number of allylic oxidation sites excluding steroid dienone is 1. The third-order valence-corrected chi connectivity index (χ3v) is 4.31. The van der Waals surface area contributed by atoms with Gasteiger partial charge in [0.1, 0.15) is 0 Å². The number of nitrogens with zero attached hydrogens (tertiary/aromatic N) is 1. The number of anilines is 1. The van der Waals surface area contributed by atoms with Gasteiger partial charge in [-0.3, -0.25) is 9.59 Å². The van der Waals surface area contributed by atoms with Crippen LogP contribution in [0.1, 0.15) is 21.5 Å². The molecule has 0 spiro atoms. The van der Waals surface area contributed by atoms with Crippen molar-refractivity contribution in [3.8, 4) is 0 Å². The van der Waals surface area contributed by atoms with Crippen LogP contribution >= 0.6 is 15.9 Å². The van der Waals surface area contributed by atoms with E-state index in [0.29, 0.717) is 16.7 Å². The number of benzene rings is 2.